The van der Waals surface area contributed by atoms with Gasteiger partial charge < -0.3 is 14.9 Å². The molecule has 1 aromatic carbocycles. The van der Waals surface area contributed by atoms with Crippen molar-refractivity contribution in [2.24, 2.45) is 0 Å². The molecule has 0 aliphatic rings. The van der Waals surface area contributed by atoms with Gasteiger partial charge in [-0.3, -0.25) is 0 Å². The van der Waals surface area contributed by atoms with E-state index in [0.717, 1.165) is 5.39 Å². The Balaban J connectivity index is 2.72. The third kappa shape index (κ3) is 1.59. The predicted molar refractivity (Wildman–Crippen MR) is 54.9 cm³/mol. The SMILES string of the molecule is COc1cccc2ccc([N+](=O)[O-])nc12. The maximum atomic E-state index is 10.5. The van der Waals surface area contributed by atoms with Gasteiger partial charge >= 0.3 is 5.82 Å². The van der Waals surface area contributed by atoms with E-state index >= 15 is 0 Å². The summed E-state index contributed by atoms with van der Waals surface area (Å²) in [6, 6.07) is 8.40. The minimum Gasteiger partial charge on any atom is -0.492 e. The molecule has 0 unspecified atom stereocenters. The first-order valence-corrected chi connectivity index (χ1v) is 4.30. The van der Waals surface area contributed by atoms with Crippen LogP contribution in [0.15, 0.2) is 30.3 Å². The number of fused-ring (bicyclic) bond motifs is 1. The average Bonchev–Trinajstić information content (AvgIpc) is 2.27. The predicted octanol–water partition coefficient (Wildman–Crippen LogP) is 2.15. The van der Waals surface area contributed by atoms with Gasteiger partial charge in [0.05, 0.1) is 7.11 Å². The zero-order valence-electron chi connectivity index (χ0n) is 8.01. The molecule has 0 N–H and O–H groups in total. The van der Waals surface area contributed by atoms with Crippen LogP contribution < -0.4 is 4.74 Å². The number of para-hydroxylation sites is 1. The maximum Gasteiger partial charge on any atom is 0.364 e. The van der Waals surface area contributed by atoms with Crippen molar-refractivity contribution in [1.29, 1.82) is 0 Å². The minimum absolute atomic E-state index is 0.174. The van der Waals surface area contributed by atoms with Gasteiger partial charge in [-0.2, -0.15) is 0 Å². The van der Waals surface area contributed by atoms with E-state index in [9.17, 15) is 10.1 Å². The van der Waals surface area contributed by atoms with Crippen LogP contribution in [0, 0.1) is 10.1 Å². The van der Waals surface area contributed by atoms with Gasteiger partial charge in [0.15, 0.2) is 5.75 Å². The van der Waals surface area contributed by atoms with Crippen LogP contribution in [0.5, 0.6) is 5.75 Å². The fourth-order valence-corrected chi connectivity index (χ4v) is 1.38. The summed E-state index contributed by atoms with van der Waals surface area (Å²) in [4.78, 5) is 13.9. The second-order valence-corrected chi connectivity index (χ2v) is 2.96. The number of nitro groups is 1. The van der Waals surface area contributed by atoms with Gasteiger partial charge in [-0.25, -0.2) is 0 Å². The van der Waals surface area contributed by atoms with Crippen molar-refractivity contribution in [3.8, 4) is 5.75 Å². The highest BCUT2D eigenvalue weighted by Crippen LogP contribution is 2.25. The van der Waals surface area contributed by atoms with E-state index in [0.29, 0.717) is 11.3 Å². The molecule has 76 valence electrons. The van der Waals surface area contributed by atoms with Gasteiger partial charge in [0.1, 0.15) is 0 Å². The first-order valence-electron chi connectivity index (χ1n) is 4.30. The normalized spacial score (nSPS) is 10.2. The van der Waals surface area contributed by atoms with Crippen LogP contribution in [0.2, 0.25) is 0 Å². The van der Waals surface area contributed by atoms with Crippen molar-refractivity contribution in [2.45, 2.75) is 0 Å². The average molecular weight is 204 g/mol. The number of benzene rings is 1. The fraction of sp³-hybridized carbons (Fsp3) is 0.100. The van der Waals surface area contributed by atoms with Crippen LogP contribution in [0.4, 0.5) is 5.82 Å². The van der Waals surface area contributed by atoms with E-state index in [1.54, 1.807) is 12.1 Å². The first-order chi connectivity index (χ1) is 7.22. The quantitative estimate of drug-likeness (QED) is 0.555. The third-order valence-corrected chi connectivity index (χ3v) is 2.08. The molecule has 2 aromatic rings. The van der Waals surface area contributed by atoms with E-state index in [4.69, 9.17) is 4.74 Å². The molecule has 0 spiro atoms. The third-order valence-electron chi connectivity index (χ3n) is 2.08. The molecule has 0 aliphatic carbocycles. The molecule has 1 aromatic heterocycles. The largest absolute Gasteiger partial charge is 0.492 e. The van der Waals surface area contributed by atoms with Gasteiger partial charge in [-0.05, 0) is 22.0 Å². The van der Waals surface area contributed by atoms with Crippen molar-refractivity contribution in [3.63, 3.8) is 0 Å². The highest BCUT2D eigenvalue weighted by Gasteiger charge is 2.12. The number of rotatable bonds is 2. The Labute approximate surface area is 85.5 Å². The molecule has 0 atom stereocenters. The van der Waals surface area contributed by atoms with Crippen LogP contribution in [-0.4, -0.2) is 17.0 Å². The molecule has 2 rings (SSSR count). The van der Waals surface area contributed by atoms with E-state index in [1.165, 1.54) is 13.2 Å². The number of methoxy groups -OCH3 is 1. The van der Waals surface area contributed by atoms with Crippen LogP contribution in [0.1, 0.15) is 0 Å². The second-order valence-electron chi connectivity index (χ2n) is 2.96. The molecule has 0 saturated carbocycles. The Morgan fingerprint density at radius 1 is 1.33 bits per heavy atom. The van der Waals surface area contributed by atoms with Crippen LogP contribution in [0.25, 0.3) is 10.9 Å². The number of ether oxygens (including phenoxy) is 1. The van der Waals surface area contributed by atoms with Gasteiger partial charge in [-0.15, -0.1) is 0 Å². The van der Waals surface area contributed by atoms with Crippen LogP contribution in [-0.2, 0) is 0 Å². The first kappa shape index (κ1) is 9.39. The summed E-state index contributed by atoms with van der Waals surface area (Å²) >= 11 is 0. The molecule has 0 fully saturated rings. The minimum atomic E-state index is -0.522. The Bertz CT molecular complexity index is 525. The summed E-state index contributed by atoms with van der Waals surface area (Å²) in [7, 11) is 1.51. The summed E-state index contributed by atoms with van der Waals surface area (Å²) in [6.45, 7) is 0. The summed E-state index contributed by atoms with van der Waals surface area (Å²) in [5.41, 5.74) is 0.509. The molecule has 15 heavy (non-hydrogen) atoms. The topological polar surface area (TPSA) is 65.3 Å². The maximum absolute atomic E-state index is 10.5. The van der Waals surface area contributed by atoms with Crippen LogP contribution >= 0.6 is 0 Å². The monoisotopic (exact) mass is 204 g/mol. The highest BCUT2D eigenvalue weighted by atomic mass is 16.6. The van der Waals surface area contributed by atoms with Gasteiger partial charge in [-0.1, -0.05) is 12.1 Å². The Hall–Kier alpha value is -2.17. The number of hydrogen-bond acceptors (Lipinski definition) is 4. The van der Waals surface area contributed by atoms with Crippen molar-refractivity contribution in [3.05, 3.63) is 40.4 Å². The molecule has 1 heterocycles. The zero-order valence-corrected chi connectivity index (χ0v) is 8.01. The summed E-state index contributed by atoms with van der Waals surface area (Å²) < 4.78 is 5.08. The molecule has 0 bridgehead atoms. The molecule has 0 aliphatic heterocycles. The fourth-order valence-electron chi connectivity index (χ4n) is 1.38. The molecule has 0 saturated heterocycles. The molecule has 0 amide bonds. The lowest BCUT2D eigenvalue weighted by Gasteiger charge is -2.00. The Morgan fingerprint density at radius 3 is 2.80 bits per heavy atom. The van der Waals surface area contributed by atoms with Crippen molar-refractivity contribution >= 4 is 16.7 Å². The van der Waals surface area contributed by atoms with E-state index in [-0.39, 0.29) is 5.82 Å². The van der Waals surface area contributed by atoms with E-state index in [1.807, 2.05) is 12.1 Å². The number of aromatic nitrogens is 1. The molecule has 5 nitrogen and oxygen atoms in total. The zero-order chi connectivity index (χ0) is 10.8. The Kier molecular flexibility index (Phi) is 2.21. The molecule has 5 heteroatoms. The molecule has 0 radical (unpaired) electrons. The summed E-state index contributed by atoms with van der Waals surface area (Å²) in [5.74, 6) is 0.364. The van der Waals surface area contributed by atoms with E-state index < -0.39 is 4.92 Å². The van der Waals surface area contributed by atoms with Crippen LogP contribution in [0.3, 0.4) is 0 Å². The standard InChI is InChI=1S/C10H8N2O3/c1-15-8-4-2-3-7-5-6-9(12(13)14)11-10(7)8/h2-6H,1H3. The van der Waals surface area contributed by atoms with Crippen molar-refractivity contribution in [2.75, 3.05) is 7.11 Å². The van der Waals surface area contributed by atoms with Gasteiger partial charge in [0.25, 0.3) is 0 Å². The smallest absolute Gasteiger partial charge is 0.364 e. The lowest BCUT2D eigenvalue weighted by atomic mass is 10.2. The second kappa shape index (κ2) is 3.53. The Morgan fingerprint density at radius 2 is 2.13 bits per heavy atom. The molecular weight excluding hydrogens is 196 g/mol. The molecular formula is C10H8N2O3. The summed E-state index contributed by atoms with van der Waals surface area (Å²) in [6.07, 6.45) is 0. The lowest BCUT2D eigenvalue weighted by Crippen LogP contribution is -1.93. The number of nitrogens with zero attached hydrogens (tertiary/aromatic N) is 2. The van der Waals surface area contributed by atoms with E-state index in [2.05, 4.69) is 4.98 Å². The van der Waals surface area contributed by atoms with Crippen molar-refractivity contribution < 1.29 is 9.66 Å². The number of hydrogen-bond donors (Lipinski definition) is 0. The van der Waals surface area contributed by atoms with Crippen molar-refractivity contribution in [1.82, 2.24) is 4.98 Å². The summed E-state index contributed by atoms with van der Waals surface area (Å²) in [5, 5.41) is 11.4. The highest BCUT2D eigenvalue weighted by molar-refractivity contribution is 5.85. The lowest BCUT2D eigenvalue weighted by molar-refractivity contribution is -0.389. The van der Waals surface area contributed by atoms with Gasteiger partial charge in [0.2, 0.25) is 5.52 Å². The number of pyridine rings is 1. The van der Waals surface area contributed by atoms with Gasteiger partial charge in [0, 0.05) is 11.5 Å².